The molecule has 0 amide bonds. The van der Waals surface area contributed by atoms with Crippen molar-refractivity contribution in [2.24, 2.45) is 0 Å². The number of alkyl halides is 3. The van der Waals surface area contributed by atoms with Crippen LogP contribution in [-0.4, -0.2) is 11.5 Å². The Morgan fingerprint density at radius 1 is 1.00 bits per heavy atom. The summed E-state index contributed by atoms with van der Waals surface area (Å²) in [6.07, 6.45) is -5.72. The van der Waals surface area contributed by atoms with E-state index < -0.39 is 23.3 Å². The zero-order chi connectivity index (χ0) is 9.23. The Kier molecular flexibility index (Phi) is 2.71. The van der Waals surface area contributed by atoms with Gasteiger partial charge in [-0.25, -0.2) is 0 Å². The number of hydrogen-bond acceptors (Lipinski definition) is 1. The molecule has 0 spiro atoms. The van der Waals surface area contributed by atoms with Crippen molar-refractivity contribution in [2.75, 3.05) is 0 Å². The van der Waals surface area contributed by atoms with E-state index in [1.807, 2.05) is 0 Å². The molecule has 0 heterocycles. The molecule has 1 nitrogen and oxygen atoms in total. The highest BCUT2D eigenvalue weighted by Crippen LogP contribution is 2.31. The monoisotopic (exact) mass is 183 g/mol. The van der Waals surface area contributed by atoms with E-state index >= 15 is 0 Å². The third-order valence-corrected chi connectivity index (χ3v) is 0.578. The maximum atomic E-state index is 11.4. The topological polar surface area (TPSA) is 3.24 Å². The molecule has 0 unspecified atom stereocenters. The fourth-order valence-corrected chi connectivity index (χ4v) is 0.191. The van der Waals surface area contributed by atoms with Crippen LogP contribution in [0.1, 0.15) is 0 Å². The third-order valence-electron chi connectivity index (χ3n) is 0.578. The molecule has 66 valence electrons. The van der Waals surface area contributed by atoms with Crippen molar-refractivity contribution in [1.29, 1.82) is 0 Å². The number of hydrogen-bond donors (Lipinski definition) is 0. The number of halogens is 7. The second-order valence-electron chi connectivity index (χ2n) is 1.34. The van der Waals surface area contributed by atoms with Crippen molar-refractivity contribution in [1.82, 2.24) is 5.34 Å². The molecule has 0 aliphatic rings. The van der Waals surface area contributed by atoms with Crippen LogP contribution in [0.2, 0.25) is 0 Å². The van der Waals surface area contributed by atoms with E-state index in [0.717, 1.165) is 0 Å². The molecule has 0 rings (SSSR count). The van der Waals surface area contributed by atoms with Gasteiger partial charge in [0.2, 0.25) is 0 Å². The van der Waals surface area contributed by atoms with Crippen LogP contribution in [0.3, 0.4) is 0 Å². The zero-order valence-electron chi connectivity index (χ0n) is 4.59. The smallest absolute Gasteiger partial charge is 0.197 e. The van der Waals surface area contributed by atoms with E-state index in [1.165, 1.54) is 0 Å². The second kappa shape index (κ2) is 2.97. The summed E-state index contributed by atoms with van der Waals surface area (Å²) in [7, 11) is 0. The van der Waals surface area contributed by atoms with Crippen molar-refractivity contribution in [3.05, 3.63) is 11.8 Å². The summed E-state index contributed by atoms with van der Waals surface area (Å²) in [5.74, 6) is -6.71. The summed E-state index contributed by atoms with van der Waals surface area (Å²) in [5.41, 5.74) is 0. The van der Waals surface area contributed by atoms with Gasteiger partial charge in [0.25, 0.3) is 11.8 Å². The second-order valence-corrected chi connectivity index (χ2v) is 1.34. The Morgan fingerprint density at radius 2 is 1.36 bits per heavy atom. The summed E-state index contributed by atoms with van der Waals surface area (Å²) < 4.78 is 77.6. The molecule has 11 heavy (non-hydrogen) atoms. The predicted octanol–water partition coefficient (Wildman–Crippen LogP) is 2.73. The standard InChI is InChI=1S/C3F7N/c4-1(3(6,7)8)2(5)11(9)10. The average Bonchev–Trinajstić information content (AvgIpc) is 1.82. The van der Waals surface area contributed by atoms with E-state index in [4.69, 9.17) is 0 Å². The van der Waals surface area contributed by atoms with Gasteiger partial charge >= 0.3 is 6.18 Å². The molecule has 0 aromatic carbocycles. The van der Waals surface area contributed by atoms with Gasteiger partial charge in [0.15, 0.2) is 0 Å². The third kappa shape index (κ3) is 2.64. The average molecular weight is 183 g/mol. The van der Waals surface area contributed by atoms with Gasteiger partial charge in [-0.15, -0.1) is 0 Å². The molecule has 0 aliphatic heterocycles. The number of nitrogens with zero attached hydrogens (tertiary/aromatic N) is 1. The van der Waals surface area contributed by atoms with Crippen molar-refractivity contribution < 1.29 is 30.9 Å². The first-order valence-electron chi connectivity index (χ1n) is 2.01. The number of rotatable bonds is 1. The van der Waals surface area contributed by atoms with E-state index in [-0.39, 0.29) is 0 Å². The Hall–Kier alpha value is -0.950. The Morgan fingerprint density at radius 3 is 1.45 bits per heavy atom. The summed E-state index contributed by atoms with van der Waals surface area (Å²) in [5, 5.41) is -2.59. The lowest BCUT2D eigenvalue weighted by molar-refractivity contribution is -0.159. The molecule has 0 bridgehead atoms. The molecular formula is C3F7N. The number of allylic oxidation sites excluding steroid dienone is 1. The first-order chi connectivity index (χ1) is 4.76. The van der Waals surface area contributed by atoms with Crippen molar-refractivity contribution >= 4 is 0 Å². The van der Waals surface area contributed by atoms with E-state index in [9.17, 15) is 30.9 Å². The lowest BCUT2D eigenvalue weighted by Crippen LogP contribution is -2.13. The Bertz CT molecular complexity index is 167. The molecule has 8 heteroatoms. The largest absolute Gasteiger partial charge is 0.447 e. The van der Waals surface area contributed by atoms with Gasteiger partial charge < -0.3 is 0 Å². The maximum Gasteiger partial charge on any atom is 0.447 e. The van der Waals surface area contributed by atoms with Gasteiger partial charge in [0.05, 0.1) is 0 Å². The Balaban J connectivity index is 4.67. The molecular weight excluding hydrogens is 183 g/mol. The van der Waals surface area contributed by atoms with E-state index in [2.05, 4.69) is 0 Å². The molecule has 0 saturated carbocycles. The molecule has 0 saturated heterocycles. The summed E-state index contributed by atoms with van der Waals surface area (Å²) >= 11 is 0. The van der Waals surface area contributed by atoms with Crippen LogP contribution in [0.5, 0.6) is 0 Å². The van der Waals surface area contributed by atoms with Crippen LogP contribution in [0.25, 0.3) is 0 Å². The summed E-state index contributed by atoms with van der Waals surface area (Å²) in [6, 6.07) is 0. The van der Waals surface area contributed by atoms with Crippen LogP contribution in [-0.2, 0) is 0 Å². The van der Waals surface area contributed by atoms with Crippen molar-refractivity contribution in [3.8, 4) is 0 Å². The minimum Gasteiger partial charge on any atom is -0.197 e. The SMILES string of the molecule is FC(=C(F)C(F)(F)F)N(F)F. The summed E-state index contributed by atoms with van der Waals surface area (Å²) in [6.45, 7) is 0. The highest BCUT2D eigenvalue weighted by molar-refractivity contribution is 5.01. The van der Waals surface area contributed by atoms with Crippen LogP contribution in [0.15, 0.2) is 11.8 Å². The zero-order valence-corrected chi connectivity index (χ0v) is 4.59. The highest BCUT2D eigenvalue weighted by Gasteiger charge is 2.40. The molecule has 0 radical (unpaired) electrons. The molecule has 0 aromatic rings. The fourth-order valence-electron chi connectivity index (χ4n) is 0.191. The van der Waals surface area contributed by atoms with Crippen LogP contribution in [0, 0.1) is 0 Å². The van der Waals surface area contributed by atoms with E-state index in [1.54, 1.807) is 0 Å². The van der Waals surface area contributed by atoms with Gasteiger partial charge in [0, 0.05) is 0 Å². The Labute approximate surface area is 55.6 Å². The van der Waals surface area contributed by atoms with Gasteiger partial charge in [-0.3, -0.25) is 0 Å². The molecule has 0 N–H and O–H groups in total. The van der Waals surface area contributed by atoms with Crippen LogP contribution >= 0.6 is 0 Å². The first-order valence-corrected chi connectivity index (χ1v) is 2.01. The van der Waals surface area contributed by atoms with Crippen molar-refractivity contribution in [2.45, 2.75) is 6.18 Å². The van der Waals surface area contributed by atoms with Gasteiger partial charge in [-0.1, -0.05) is 8.96 Å². The lowest BCUT2D eigenvalue weighted by Gasteiger charge is -2.04. The van der Waals surface area contributed by atoms with E-state index in [0.29, 0.717) is 0 Å². The minimum atomic E-state index is -5.72. The fraction of sp³-hybridized carbons (Fsp3) is 0.333. The minimum absolute atomic E-state index is 2.59. The van der Waals surface area contributed by atoms with Gasteiger partial charge in [-0.05, 0) is 5.34 Å². The molecule has 0 fully saturated rings. The molecule has 0 aromatic heterocycles. The van der Waals surface area contributed by atoms with Gasteiger partial charge in [0.1, 0.15) is 0 Å². The first kappa shape index (κ1) is 10.0. The van der Waals surface area contributed by atoms with Gasteiger partial charge in [-0.2, -0.15) is 22.0 Å². The normalized spacial score (nSPS) is 14.5. The van der Waals surface area contributed by atoms with Crippen LogP contribution in [0.4, 0.5) is 30.9 Å². The molecule has 0 aliphatic carbocycles. The lowest BCUT2D eigenvalue weighted by atomic mass is 10.5. The maximum absolute atomic E-state index is 11.4. The van der Waals surface area contributed by atoms with Crippen molar-refractivity contribution in [3.63, 3.8) is 0 Å². The summed E-state index contributed by atoms with van der Waals surface area (Å²) in [4.78, 5) is 0. The van der Waals surface area contributed by atoms with Crippen LogP contribution < -0.4 is 0 Å². The molecule has 0 atom stereocenters. The quantitative estimate of drug-likeness (QED) is 0.343. The highest BCUT2D eigenvalue weighted by atomic mass is 19.4. The predicted molar refractivity (Wildman–Crippen MR) is 19.4 cm³/mol.